The second kappa shape index (κ2) is 7.23. The van der Waals surface area contributed by atoms with E-state index >= 15 is 0 Å². The normalized spacial score (nSPS) is 28.8. The smallest absolute Gasteiger partial charge is 0.330 e. The number of fused-ring (bicyclic) bond motifs is 1. The van der Waals surface area contributed by atoms with Crippen LogP contribution in [0, 0.1) is 0 Å². The minimum atomic E-state index is -0.676. The van der Waals surface area contributed by atoms with Crippen molar-refractivity contribution >= 4 is 35.6 Å². The number of amides is 4. The zero-order valence-corrected chi connectivity index (χ0v) is 15.0. The third kappa shape index (κ3) is 3.91. The molecule has 8 nitrogen and oxygen atoms in total. The summed E-state index contributed by atoms with van der Waals surface area (Å²) in [5.74, 6) is -0.872. The van der Waals surface area contributed by atoms with Gasteiger partial charge in [-0.3, -0.25) is 14.9 Å². The van der Waals surface area contributed by atoms with E-state index in [1.54, 1.807) is 16.7 Å². The summed E-state index contributed by atoms with van der Waals surface area (Å²) in [4.78, 5) is 48.9. The van der Waals surface area contributed by atoms with Crippen LogP contribution in [-0.4, -0.2) is 58.0 Å². The van der Waals surface area contributed by atoms with Gasteiger partial charge in [0.2, 0.25) is 5.91 Å². The molecule has 2 saturated heterocycles. The van der Waals surface area contributed by atoms with E-state index in [0.29, 0.717) is 18.6 Å². The molecule has 0 aromatic rings. The maximum atomic E-state index is 12.2. The van der Waals surface area contributed by atoms with Crippen molar-refractivity contribution in [2.75, 3.05) is 12.4 Å². The Kier molecular flexibility index (Phi) is 5.21. The summed E-state index contributed by atoms with van der Waals surface area (Å²) in [5, 5.41) is 4.89. The first-order valence-electron chi connectivity index (χ1n) is 8.62. The topological polar surface area (TPSA) is 105 Å². The molecule has 1 saturated carbocycles. The van der Waals surface area contributed by atoms with Gasteiger partial charge in [0.25, 0.3) is 5.91 Å². The lowest BCUT2D eigenvalue weighted by molar-refractivity contribution is -0.156. The molecule has 2 aliphatic heterocycles. The van der Waals surface area contributed by atoms with Crippen LogP contribution in [0.3, 0.4) is 0 Å². The van der Waals surface area contributed by atoms with Crippen molar-refractivity contribution < 1.29 is 23.9 Å². The van der Waals surface area contributed by atoms with Crippen LogP contribution in [0.4, 0.5) is 4.79 Å². The molecule has 2 N–H and O–H groups in total. The second-order valence-corrected chi connectivity index (χ2v) is 8.38. The van der Waals surface area contributed by atoms with Crippen LogP contribution in [-0.2, 0) is 19.1 Å². The lowest BCUT2D eigenvalue weighted by atomic mass is 10.2. The molecule has 138 valence electrons. The van der Waals surface area contributed by atoms with Gasteiger partial charge in [0.05, 0.1) is 4.87 Å². The summed E-state index contributed by atoms with van der Waals surface area (Å²) in [6.07, 6.45) is 5.11. The van der Waals surface area contributed by atoms with Crippen molar-refractivity contribution in [2.24, 2.45) is 0 Å². The van der Waals surface area contributed by atoms with Crippen molar-refractivity contribution in [1.29, 1.82) is 0 Å². The van der Waals surface area contributed by atoms with E-state index in [2.05, 4.69) is 10.6 Å². The summed E-state index contributed by atoms with van der Waals surface area (Å²) in [6.45, 7) is 1.41. The minimum Gasteiger partial charge on any atom is -0.454 e. The SMILES string of the molecule is C[C@@]12CCC(=O)N1[C@@H](C(=O)OCC(=O)NC(=O)NC1CCCC1)CS2. The number of hydrogen-bond donors (Lipinski definition) is 2. The maximum absolute atomic E-state index is 12.2. The molecular weight excluding hydrogens is 346 g/mol. The highest BCUT2D eigenvalue weighted by molar-refractivity contribution is 8.01. The standard InChI is InChI=1S/C16H23N3O5S/c1-16-7-6-13(21)19(16)11(9-25-16)14(22)24-8-12(20)18-15(23)17-10-4-2-3-5-10/h10-11H,2-9H2,1H3,(H2,17,18,20,23)/t11-,16-/m1/s1. The molecule has 3 rings (SSSR count). The minimum absolute atomic E-state index is 0.0603. The molecule has 25 heavy (non-hydrogen) atoms. The molecule has 0 aromatic heterocycles. The van der Waals surface area contributed by atoms with Gasteiger partial charge < -0.3 is 15.0 Å². The molecule has 4 amide bonds. The first-order chi connectivity index (χ1) is 11.9. The van der Waals surface area contributed by atoms with Crippen LogP contribution >= 0.6 is 11.8 Å². The number of thioether (sulfide) groups is 1. The quantitative estimate of drug-likeness (QED) is 0.709. The van der Waals surface area contributed by atoms with E-state index in [-0.39, 0.29) is 16.8 Å². The molecule has 2 heterocycles. The van der Waals surface area contributed by atoms with E-state index in [0.717, 1.165) is 25.7 Å². The van der Waals surface area contributed by atoms with E-state index in [1.807, 2.05) is 6.92 Å². The Morgan fingerprint density at radius 1 is 1.32 bits per heavy atom. The van der Waals surface area contributed by atoms with Crippen LogP contribution in [0.25, 0.3) is 0 Å². The van der Waals surface area contributed by atoms with Gasteiger partial charge in [-0.2, -0.15) is 0 Å². The Bertz CT molecular complexity index is 592. The molecule has 3 aliphatic rings. The number of esters is 1. The van der Waals surface area contributed by atoms with Crippen LogP contribution in [0.15, 0.2) is 0 Å². The van der Waals surface area contributed by atoms with Crippen molar-refractivity contribution in [2.45, 2.75) is 62.4 Å². The molecule has 0 aromatic carbocycles. The highest BCUT2D eigenvalue weighted by atomic mass is 32.2. The van der Waals surface area contributed by atoms with Gasteiger partial charge in [0, 0.05) is 18.2 Å². The van der Waals surface area contributed by atoms with E-state index in [1.165, 1.54) is 0 Å². The Balaban J connectivity index is 1.43. The molecule has 0 spiro atoms. The van der Waals surface area contributed by atoms with Crippen molar-refractivity contribution in [1.82, 2.24) is 15.5 Å². The lowest BCUT2D eigenvalue weighted by Gasteiger charge is -2.29. The molecule has 2 atom stereocenters. The van der Waals surface area contributed by atoms with Crippen molar-refractivity contribution in [3.63, 3.8) is 0 Å². The number of carbonyl (C=O) groups is 4. The first-order valence-corrected chi connectivity index (χ1v) is 9.61. The number of nitrogens with zero attached hydrogens (tertiary/aromatic N) is 1. The summed E-state index contributed by atoms with van der Waals surface area (Å²) >= 11 is 1.56. The number of nitrogens with one attached hydrogen (secondary N) is 2. The number of urea groups is 1. The maximum Gasteiger partial charge on any atom is 0.330 e. The molecular formula is C16H23N3O5S. The Hall–Kier alpha value is -1.77. The van der Waals surface area contributed by atoms with Gasteiger partial charge in [-0.25, -0.2) is 9.59 Å². The van der Waals surface area contributed by atoms with Crippen molar-refractivity contribution in [3.8, 4) is 0 Å². The molecule has 0 bridgehead atoms. The summed E-state index contributed by atoms with van der Waals surface area (Å²) < 4.78 is 5.02. The fraction of sp³-hybridized carbons (Fsp3) is 0.750. The number of carbonyl (C=O) groups excluding carboxylic acids is 4. The fourth-order valence-electron chi connectivity index (χ4n) is 3.68. The summed E-state index contributed by atoms with van der Waals surface area (Å²) in [6, 6.07) is -1.12. The molecule has 9 heteroatoms. The molecule has 0 unspecified atom stereocenters. The van der Waals surface area contributed by atoms with E-state index in [9.17, 15) is 19.2 Å². The largest absolute Gasteiger partial charge is 0.454 e. The van der Waals surface area contributed by atoms with Crippen LogP contribution in [0.2, 0.25) is 0 Å². The molecule has 0 radical (unpaired) electrons. The van der Waals surface area contributed by atoms with Crippen LogP contribution in [0.5, 0.6) is 0 Å². The third-order valence-electron chi connectivity index (χ3n) is 5.01. The Labute approximate surface area is 150 Å². The predicted octanol–water partition coefficient (Wildman–Crippen LogP) is 0.752. The zero-order valence-electron chi connectivity index (χ0n) is 14.2. The van der Waals surface area contributed by atoms with E-state index < -0.39 is 30.6 Å². The number of rotatable bonds is 4. The summed E-state index contributed by atoms with van der Waals surface area (Å²) in [7, 11) is 0. The van der Waals surface area contributed by atoms with Crippen molar-refractivity contribution in [3.05, 3.63) is 0 Å². The van der Waals surface area contributed by atoms with E-state index in [4.69, 9.17) is 4.74 Å². The highest BCUT2D eigenvalue weighted by Gasteiger charge is 2.53. The highest BCUT2D eigenvalue weighted by Crippen LogP contribution is 2.47. The summed E-state index contributed by atoms with van der Waals surface area (Å²) in [5.41, 5.74) is 0. The second-order valence-electron chi connectivity index (χ2n) is 6.88. The molecule has 1 aliphatic carbocycles. The van der Waals surface area contributed by atoms with Gasteiger partial charge in [-0.15, -0.1) is 11.8 Å². The van der Waals surface area contributed by atoms with Gasteiger partial charge in [0.15, 0.2) is 6.61 Å². The first kappa shape index (κ1) is 18.0. The van der Waals surface area contributed by atoms with Gasteiger partial charge >= 0.3 is 12.0 Å². The lowest BCUT2D eigenvalue weighted by Crippen LogP contribution is -2.48. The van der Waals surface area contributed by atoms with Gasteiger partial charge in [-0.1, -0.05) is 12.8 Å². The average Bonchev–Trinajstić information content (AvgIpc) is 3.24. The Morgan fingerprint density at radius 3 is 2.76 bits per heavy atom. The van der Waals surface area contributed by atoms with Gasteiger partial charge in [-0.05, 0) is 26.2 Å². The Morgan fingerprint density at radius 2 is 2.04 bits per heavy atom. The van der Waals surface area contributed by atoms with Crippen LogP contribution < -0.4 is 10.6 Å². The van der Waals surface area contributed by atoms with Crippen LogP contribution in [0.1, 0.15) is 45.4 Å². The monoisotopic (exact) mass is 369 g/mol. The fourth-order valence-corrected chi connectivity index (χ4v) is 5.10. The number of hydrogen-bond acceptors (Lipinski definition) is 6. The predicted molar refractivity (Wildman–Crippen MR) is 90.6 cm³/mol. The van der Waals surface area contributed by atoms with Gasteiger partial charge in [0.1, 0.15) is 6.04 Å². The number of ether oxygens (including phenoxy) is 1. The average molecular weight is 369 g/mol. The molecule has 3 fully saturated rings. The zero-order chi connectivity index (χ0) is 18.0. The number of imide groups is 1. The third-order valence-corrected chi connectivity index (χ3v) is 6.51.